The lowest BCUT2D eigenvalue weighted by atomic mass is 10.2. The molecule has 0 aliphatic carbocycles. The Morgan fingerprint density at radius 1 is 1.50 bits per heavy atom. The molecule has 0 aromatic heterocycles. The van der Waals surface area contributed by atoms with Crippen molar-refractivity contribution in [2.45, 2.75) is 32.6 Å². The molecule has 1 N–H and O–H groups in total. The number of rotatable bonds is 5. The van der Waals surface area contributed by atoms with Crippen LogP contribution in [0.4, 0.5) is 4.79 Å². The minimum atomic E-state index is -0.589. The van der Waals surface area contributed by atoms with Gasteiger partial charge in [-0.15, -0.1) is 0 Å². The van der Waals surface area contributed by atoms with Crippen molar-refractivity contribution in [1.29, 1.82) is 0 Å². The van der Waals surface area contributed by atoms with Crippen molar-refractivity contribution < 1.29 is 4.79 Å². The summed E-state index contributed by atoms with van der Waals surface area (Å²) < 4.78 is 0. The average Bonchev–Trinajstić information content (AvgIpc) is 2.05. The number of nitrogens with zero attached hydrogens (tertiary/aromatic N) is 3. The molecule has 0 spiro atoms. The highest BCUT2D eigenvalue weighted by atomic mass is 16.2. The highest BCUT2D eigenvalue weighted by Gasteiger charge is 1.93. The van der Waals surface area contributed by atoms with Gasteiger partial charge in [0.2, 0.25) is 0 Å². The molecule has 5 heteroatoms. The predicted molar refractivity (Wildman–Crippen MR) is 46.7 cm³/mol. The van der Waals surface area contributed by atoms with E-state index < -0.39 is 6.03 Å². The second-order valence-corrected chi connectivity index (χ2v) is 2.48. The molecule has 0 saturated carbocycles. The molecule has 68 valence electrons. The molecular formula is C7H14N4O. The van der Waals surface area contributed by atoms with Crippen molar-refractivity contribution in [3.63, 3.8) is 0 Å². The van der Waals surface area contributed by atoms with Crippen LogP contribution in [0.3, 0.4) is 0 Å². The van der Waals surface area contributed by atoms with E-state index in [2.05, 4.69) is 22.3 Å². The Kier molecular flexibility index (Phi) is 7.08. The summed E-state index contributed by atoms with van der Waals surface area (Å²) in [4.78, 5) is 12.9. The molecule has 0 rings (SSSR count). The maximum absolute atomic E-state index is 10.5. The van der Waals surface area contributed by atoms with Gasteiger partial charge in [0.1, 0.15) is 0 Å². The first-order valence-electron chi connectivity index (χ1n) is 4.14. The van der Waals surface area contributed by atoms with E-state index >= 15 is 0 Å². The van der Waals surface area contributed by atoms with Crippen LogP contribution in [0.25, 0.3) is 10.4 Å². The lowest BCUT2D eigenvalue weighted by Gasteiger charge is -1.99. The predicted octanol–water partition coefficient (Wildman–Crippen LogP) is 2.59. The van der Waals surface area contributed by atoms with E-state index in [4.69, 9.17) is 5.53 Å². The first-order valence-corrected chi connectivity index (χ1v) is 4.14. The van der Waals surface area contributed by atoms with E-state index in [9.17, 15) is 4.79 Å². The lowest BCUT2D eigenvalue weighted by Crippen LogP contribution is -2.20. The Morgan fingerprint density at radius 2 is 2.25 bits per heavy atom. The maximum atomic E-state index is 10.5. The van der Waals surface area contributed by atoms with Crippen molar-refractivity contribution in [2.24, 2.45) is 5.11 Å². The summed E-state index contributed by atoms with van der Waals surface area (Å²) >= 11 is 0. The molecule has 0 radical (unpaired) electrons. The van der Waals surface area contributed by atoms with Crippen molar-refractivity contribution in [2.75, 3.05) is 6.54 Å². The number of urea groups is 1. The summed E-state index contributed by atoms with van der Waals surface area (Å²) in [5.41, 5.74) is 7.87. The summed E-state index contributed by atoms with van der Waals surface area (Å²) in [6, 6.07) is -0.589. The number of nitrogens with one attached hydrogen (secondary N) is 1. The molecule has 0 atom stereocenters. The monoisotopic (exact) mass is 170 g/mol. The average molecular weight is 170 g/mol. The summed E-state index contributed by atoms with van der Waals surface area (Å²) in [6.45, 7) is 2.72. The highest BCUT2D eigenvalue weighted by molar-refractivity contribution is 5.74. The summed E-state index contributed by atoms with van der Waals surface area (Å²) in [5, 5.41) is 5.36. The summed E-state index contributed by atoms with van der Waals surface area (Å²) in [7, 11) is 0. The Bertz CT molecular complexity index is 174. The Hall–Kier alpha value is -1.22. The minimum absolute atomic E-state index is 0.589. The van der Waals surface area contributed by atoms with Gasteiger partial charge in [0.15, 0.2) is 0 Å². The number of hydrogen-bond donors (Lipinski definition) is 1. The SMILES string of the molecule is CCCCCCNC(=O)N=[N+]=[N-]. The number of amides is 2. The van der Waals surface area contributed by atoms with Crippen LogP contribution >= 0.6 is 0 Å². The first-order chi connectivity index (χ1) is 5.81. The van der Waals surface area contributed by atoms with Gasteiger partial charge in [-0.25, -0.2) is 0 Å². The zero-order chi connectivity index (χ0) is 9.23. The molecule has 0 bridgehead atoms. The van der Waals surface area contributed by atoms with E-state index in [1.807, 2.05) is 0 Å². The Morgan fingerprint density at radius 3 is 2.83 bits per heavy atom. The fraction of sp³-hybridized carbons (Fsp3) is 0.857. The van der Waals surface area contributed by atoms with Crippen LogP contribution in [-0.2, 0) is 0 Å². The molecule has 0 saturated heterocycles. The molecule has 0 heterocycles. The largest absolute Gasteiger partial charge is 0.351 e. The molecule has 0 aromatic rings. The standard InChI is InChI=1S/C7H14N4O/c1-2-3-4-5-6-9-7(12)10-11-8/h2-6H2,1H3,(H,9,12). The van der Waals surface area contributed by atoms with Crippen LogP contribution in [0.5, 0.6) is 0 Å². The van der Waals surface area contributed by atoms with Gasteiger partial charge in [-0.2, -0.15) is 0 Å². The molecular weight excluding hydrogens is 156 g/mol. The molecule has 0 aliphatic rings. The minimum Gasteiger partial charge on any atom is -0.351 e. The van der Waals surface area contributed by atoms with Crippen LogP contribution in [-0.4, -0.2) is 12.6 Å². The number of unbranched alkanes of at least 4 members (excludes halogenated alkanes) is 3. The number of carbonyl (C=O) groups excluding carboxylic acids is 1. The zero-order valence-corrected chi connectivity index (χ0v) is 7.29. The third-order valence-electron chi connectivity index (χ3n) is 1.44. The Labute approximate surface area is 71.8 Å². The van der Waals surface area contributed by atoms with Crippen molar-refractivity contribution in [1.82, 2.24) is 5.32 Å². The maximum Gasteiger partial charge on any atom is 0.308 e. The van der Waals surface area contributed by atoms with Crippen LogP contribution in [0, 0.1) is 0 Å². The summed E-state index contributed by atoms with van der Waals surface area (Å²) in [5.74, 6) is 0. The first kappa shape index (κ1) is 10.8. The fourth-order valence-corrected chi connectivity index (χ4v) is 0.823. The van der Waals surface area contributed by atoms with Gasteiger partial charge < -0.3 is 5.32 Å². The molecule has 5 nitrogen and oxygen atoms in total. The quantitative estimate of drug-likeness (QED) is 0.292. The lowest BCUT2D eigenvalue weighted by molar-refractivity contribution is 0.248. The molecule has 0 aromatic carbocycles. The molecule has 0 aliphatic heterocycles. The third-order valence-corrected chi connectivity index (χ3v) is 1.44. The smallest absolute Gasteiger partial charge is 0.308 e. The van der Waals surface area contributed by atoms with Gasteiger partial charge in [-0.1, -0.05) is 26.2 Å². The van der Waals surface area contributed by atoms with E-state index in [0.717, 1.165) is 12.8 Å². The molecule has 0 unspecified atom stereocenters. The van der Waals surface area contributed by atoms with Gasteiger partial charge in [-0.3, -0.25) is 4.79 Å². The summed E-state index contributed by atoms with van der Waals surface area (Å²) in [6.07, 6.45) is 4.40. The zero-order valence-electron chi connectivity index (χ0n) is 7.29. The second-order valence-electron chi connectivity index (χ2n) is 2.48. The second kappa shape index (κ2) is 7.88. The van der Waals surface area contributed by atoms with E-state index in [1.54, 1.807) is 0 Å². The van der Waals surface area contributed by atoms with Crippen LogP contribution in [0.15, 0.2) is 5.11 Å². The van der Waals surface area contributed by atoms with Gasteiger partial charge in [-0.05, 0) is 12.0 Å². The number of azide groups is 1. The van der Waals surface area contributed by atoms with Crippen LogP contribution < -0.4 is 5.32 Å². The van der Waals surface area contributed by atoms with E-state index in [1.165, 1.54) is 12.8 Å². The van der Waals surface area contributed by atoms with Gasteiger partial charge in [0, 0.05) is 16.6 Å². The van der Waals surface area contributed by atoms with Gasteiger partial charge in [0.05, 0.1) is 0 Å². The van der Waals surface area contributed by atoms with Crippen molar-refractivity contribution >= 4 is 6.03 Å². The number of hydrogen-bond acceptors (Lipinski definition) is 1. The van der Waals surface area contributed by atoms with Crippen molar-refractivity contribution in [3.8, 4) is 0 Å². The van der Waals surface area contributed by atoms with E-state index in [-0.39, 0.29) is 0 Å². The van der Waals surface area contributed by atoms with Crippen LogP contribution in [0.2, 0.25) is 0 Å². The molecule has 0 fully saturated rings. The molecule has 12 heavy (non-hydrogen) atoms. The van der Waals surface area contributed by atoms with Gasteiger partial charge >= 0.3 is 6.03 Å². The fourth-order valence-electron chi connectivity index (χ4n) is 0.823. The highest BCUT2D eigenvalue weighted by Crippen LogP contribution is 1.96. The van der Waals surface area contributed by atoms with E-state index in [0.29, 0.717) is 6.54 Å². The normalized spacial score (nSPS) is 8.75. The number of carbonyl (C=O) groups is 1. The van der Waals surface area contributed by atoms with Crippen molar-refractivity contribution in [3.05, 3.63) is 10.4 Å². The third kappa shape index (κ3) is 6.89. The topological polar surface area (TPSA) is 77.9 Å². The Balaban J connectivity index is 3.19. The molecule has 2 amide bonds. The van der Waals surface area contributed by atoms with Gasteiger partial charge in [0.25, 0.3) is 0 Å². The van der Waals surface area contributed by atoms with Crippen LogP contribution in [0.1, 0.15) is 32.6 Å².